The largest absolute Gasteiger partial charge is 0.356 e. The molecule has 0 unspecified atom stereocenters. The van der Waals surface area contributed by atoms with Crippen molar-refractivity contribution in [3.8, 4) is 0 Å². The van der Waals surface area contributed by atoms with Crippen LogP contribution in [0.1, 0.15) is 50.2 Å². The van der Waals surface area contributed by atoms with Crippen LogP contribution in [-0.2, 0) is 22.7 Å². The normalized spacial score (nSPS) is 17.2. The molecule has 0 aromatic heterocycles. The molecule has 0 bridgehead atoms. The molecule has 1 aromatic rings. The lowest BCUT2D eigenvalue weighted by atomic mass is 10.1. The van der Waals surface area contributed by atoms with Crippen molar-refractivity contribution in [1.29, 1.82) is 0 Å². The quantitative estimate of drug-likeness (QED) is 0.306. The van der Waals surface area contributed by atoms with Crippen molar-refractivity contribution in [2.24, 2.45) is 4.99 Å². The molecule has 8 heteroatoms. The van der Waals surface area contributed by atoms with Gasteiger partial charge in [-0.1, -0.05) is 31.2 Å². The van der Waals surface area contributed by atoms with Crippen LogP contribution in [0, 0.1) is 0 Å². The van der Waals surface area contributed by atoms with Crippen LogP contribution < -0.4 is 16.0 Å². The second kappa shape index (κ2) is 12.4. The van der Waals surface area contributed by atoms with Crippen molar-refractivity contribution in [2.45, 2.75) is 58.2 Å². The Morgan fingerprint density at radius 3 is 2.38 bits per heavy atom. The highest BCUT2D eigenvalue weighted by Gasteiger charge is 2.23. The SMILES string of the molecule is CCCNC(=O)CN1CCC(NC(=NC)NCCCC(=O)N2Cc3ccccc3C2)CC1. The lowest BCUT2D eigenvalue weighted by Gasteiger charge is -2.32. The molecule has 2 heterocycles. The molecule has 0 radical (unpaired) electrons. The molecular weight excluding hydrogens is 404 g/mol. The Bertz CT molecular complexity index is 763. The Morgan fingerprint density at radius 1 is 1.06 bits per heavy atom. The summed E-state index contributed by atoms with van der Waals surface area (Å²) < 4.78 is 0. The molecule has 2 aliphatic heterocycles. The van der Waals surface area contributed by atoms with Crippen LogP contribution in [0.15, 0.2) is 29.3 Å². The molecule has 2 aliphatic rings. The molecule has 1 saturated heterocycles. The van der Waals surface area contributed by atoms with Gasteiger partial charge in [-0.2, -0.15) is 0 Å². The van der Waals surface area contributed by atoms with Gasteiger partial charge in [-0.25, -0.2) is 0 Å². The number of aliphatic imine (C=N–C) groups is 1. The van der Waals surface area contributed by atoms with Gasteiger partial charge in [0.15, 0.2) is 5.96 Å². The van der Waals surface area contributed by atoms with Crippen LogP contribution in [0.4, 0.5) is 0 Å². The fraction of sp³-hybridized carbons (Fsp3) is 0.625. The first-order valence-corrected chi connectivity index (χ1v) is 11.9. The van der Waals surface area contributed by atoms with E-state index in [0.717, 1.165) is 64.4 Å². The van der Waals surface area contributed by atoms with Crippen LogP contribution in [0.5, 0.6) is 0 Å². The fourth-order valence-corrected chi connectivity index (χ4v) is 4.26. The first-order chi connectivity index (χ1) is 15.6. The first kappa shape index (κ1) is 24.0. The predicted molar refractivity (Wildman–Crippen MR) is 127 cm³/mol. The van der Waals surface area contributed by atoms with E-state index in [0.29, 0.717) is 25.6 Å². The number of carbonyl (C=O) groups excluding carboxylic acids is 2. The maximum absolute atomic E-state index is 12.5. The zero-order valence-corrected chi connectivity index (χ0v) is 19.5. The van der Waals surface area contributed by atoms with E-state index in [1.165, 1.54) is 11.1 Å². The third-order valence-electron chi connectivity index (χ3n) is 6.14. The summed E-state index contributed by atoms with van der Waals surface area (Å²) in [6, 6.07) is 8.62. The first-order valence-electron chi connectivity index (χ1n) is 11.9. The fourth-order valence-electron chi connectivity index (χ4n) is 4.26. The van der Waals surface area contributed by atoms with Crippen molar-refractivity contribution in [2.75, 3.05) is 39.8 Å². The lowest BCUT2D eigenvalue weighted by molar-refractivity contribution is -0.131. The van der Waals surface area contributed by atoms with Gasteiger partial charge in [0.05, 0.1) is 6.54 Å². The summed E-state index contributed by atoms with van der Waals surface area (Å²) in [4.78, 5) is 32.9. The van der Waals surface area contributed by atoms with Gasteiger partial charge in [0.2, 0.25) is 11.8 Å². The second-order valence-electron chi connectivity index (χ2n) is 8.67. The van der Waals surface area contributed by atoms with Gasteiger partial charge >= 0.3 is 0 Å². The summed E-state index contributed by atoms with van der Waals surface area (Å²) >= 11 is 0. The highest BCUT2D eigenvalue weighted by atomic mass is 16.2. The highest BCUT2D eigenvalue weighted by Crippen LogP contribution is 2.22. The van der Waals surface area contributed by atoms with Gasteiger partial charge in [-0.05, 0) is 36.8 Å². The van der Waals surface area contributed by atoms with E-state index in [-0.39, 0.29) is 11.8 Å². The number of hydrogen-bond donors (Lipinski definition) is 3. The summed E-state index contributed by atoms with van der Waals surface area (Å²) in [5, 5.41) is 9.76. The molecule has 0 aliphatic carbocycles. The standard InChI is InChI=1S/C24H38N6O2/c1-3-12-26-22(31)18-29-14-10-21(11-15-29)28-24(25-2)27-13-6-9-23(32)30-16-19-7-4-5-8-20(19)17-30/h4-5,7-8,21H,3,6,9-18H2,1-2H3,(H,26,31)(H2,25,27,28). The maximum Gasteiger partial charge on any atom is 0.234 e. The van der Waals surface area contributed by atoms with E-state index < -0.39 is 0 Å². The van der Waals surface area contributed by atoms with Crippen LogP contribution >= 0.6 is 0 Å². The topological polar surface area (TPSA) is 89.1 Å². The van der Waals surface area contributed by atoms with Crippen LogP contribution in [-0.4, -0.2) is 73.4 Å². The van der Waals surface area contributed by atoms with E-state index in [1.807, 2.05) is 17.0 Å². The number of guanidine groups is 1. The number of rotatable bonds is 9. The molecular formula is C24H38N6O2. The van der Waals surface area contributed by atoms with Crippen LogP contribution in [0.3, 0.4) is 0 Å². The molecule has 0 atom stereocenters. The number of likely N-dealkylation sites (tertiary alicyclic amines) is 1. The minimum Gasteiger partial charge on any atom is -0.356 e. The number of nitrogens with zero attached hydrogens (tertiary/aromatic N) is 3. The van der Waals surface area contributed by atoms with E-state index in [1.54, 1.807) is 7.05 Å². The summed E-state index contributed by atoms with van der Waals surface area (Å²) in [5.74, 6) is 1.11. The van der Waals surface area contributed by atoms with Crippen molar-refractivity contribution in [3.63, 3.8) is 0 Å². The van der Waals surface area contributed by atoms with Crippen molar-refractivity contribution < 1.29 is 9.59 Å². The van der Waals surface area contributed by atoms with Gasteiger partial charge in [0, 0.05) is 58.8 Å². The number of benzene rings is 1. The van der Waals surface area contributed by atoms with Gasteiger partial charge in [0.1, 0.15) is 0 Å². The second-order valence-corrected chi connectivity index (χ2v) is 8.67. The third kappa shape index (κ3) is 7.22. The zero-order valence-electron chi connectivity index (χ0n) is 19.5. The number of fused-ring (bicyclic) bond motifs is 1. The van der Waals surface area contributed by atoms with Crippen LogP contribution in [0.2, 0.25) is 0 Å². The minimum atomic E-state index is 0.114. The third-order valence-corrected chi connectivity index (χ3v) is 6.14. The zero-order chi connectivity index (χ0) is 22.8. The smallest absolute Gasteiger partial charge is 0.234 e. The summed E-state index contributed by atoms with van der Waals surface area (Å²) in [5.41, 5.74) is 2.52. The van der Waals surface area contributed by atoms with Crippen molar-refractivity contribution in [3.05, 3.63) is 35.4 Å². The average molecular weight is 443 g/mol. The molecule has 32 heavy (non-hydrogen) atoms. The van der Waals surface area contributed by atoms with E-state index in [4.69, 9.17) is 0 Å². The van der Waals surface area contributed by atoms with Crippen molar-refractivity contribution in [1.82, 2.24) is 25.8 Å². The van der Waals surface area contributed by atoms with E-state index in [9.17, 15) is 9.59 Å². The Morgan fingerprint density at radius 2 is 1.75 bits per heavy atom. The average Bonchev–Trinajstić information content (AvgIpc) is 3.25. The Hall–Kier alpha value is -2.61. The molecule has 176 valence electrons. The molecule has 0 spiro atoms. The predicted octanol–water partition coefficient (Wildman–Crippen LogP) is 1.46. The number of hydrogen-bond acceptors (Lipinski definition) is 4. The number of piperidine rings is 1. The van der Waals surface area contributed by atoms with Gasteiger partial charge in [-0.3, -0.25) is 19.5 Å². The molecule has 2 amide bonds. The summed E-state index contributed by atoms with van der Waals surface area (Å²) in [7, 11) is 1.77. The Kier molecular flexibility index (Phi) is 9.34. The molecule has 1 fully saturated rings. The molecule has 3 rings (SSSR count). The van der Waals surface area contributed by atoms with Crippen LogP contribution in [0.25, 0.3) is 0 Å². The Balaban J connectivity index is 1.29. The Labute approximate surface area is 191 Å². The number of amides is 2. The van der Waals surface area contributed by atoms with E-state index >= 15 is 0 Å². The maximum atomic E-state index is 12.5. The van der Waals surface area contributed by atoms with E-state index in [2.05, 4.69) is 44.9 Å². The van der Waals surface area contributed by atoms with Crippen molar-refractivity contribution >= 4 is 17.8 Å². The summed E-state index contributed by atoms with van der Waals surface area (Å²) in [6.07, 6.45) is 4.24. The lowest BCUT2D eigenvalue weighted by Crippen LogP contribution is -2.50. The molecule has 8 nitrogen and oxygen atoms in total. The molecule has 1 aromatic carbocycles. The highest BCUT2D eigenvalue weighted by molar-refractivity contribution is 5.80. The molecule has 0 saturated carbocycles. The minimum absolute atomic E-state index is 0.114. The number of nitrogens with one attached hydrogen (secondary N) is 3. The van der Waals surface area contributed by atoms with Gasteiger partial charge in [0.25, 0.3) is 0 Å². The summed E-state index contributed by atoms with van der Waals surface area (Å²) in [6.45, 7) is 7.26. The van der Waals surface area contributed by atoms with Gasteiger partial charge in [-0.15, -0.1) is 0 Å². The van der Waals surface area contributed by atoms with Gasteiger partial charge < -0.3 is 20.9 Å². The molecule has 3 N–H and O–H groups in total. The number of carbonyl (C=O) groups is 2. The monoisotopic (exact) mass is 442 g/mol.